The zero-order valence-corrected chi connectivity index (χ0v) is 17.9. The van der Waals surface area contributed by atoms with Crippen LogP contribution in [0, 0.1) is 0 Å². The quantitative estimate of drug-likeness (QED) is 0.683. The van der Waals surface area contributed by atoms with Gasteiger partial charge in [0.25, 0.3) is 5.91 Å². The van der Waals surface area contributed by atoms with Crippen molar-refractivity contribution in [3.05, 3.63) is 95.6 Å². The predicted octanol–water partition coefficient (Wildman–Crippen LogP) is 4.20. The Balaban J connectivity index is 1.15. The van der Waals surface area contributed by atoms with Gasteiger partial charge < -0.3 is 20.0 Å². The summed E-state index contributed by atoms with van der Waals surface area (Å²) in [6, 6.07) is 25.5. The first-order valence-electron chi connectivity index (χ1n) is 11.0. The maximum Gasteiger partial charge on any atom is 0.322 e. The Hall–Kier alpha value is -3.80. The average Bonchev–Trinajstić information content (AvgIpc) is 3.29. The van der Waals surface area contributed by atoms with Crippen molar-refractivity contribution in [2.24, 2.45) is 0 Å². The van der Waals surface area contributed by atoms with Crippen molar-refractivity contribution in [3.8, 4) is 0 Å². The van der Waals surface area contributed by atoms with Crippen molar-refractivity contribution in [1.29, 1.82) is 0 Å². The summed E-state index contributed by atoms with van der Waals surface area (Å²) < 4.78 is 0. The molecule has 0 aromatic heterocycles. The molecule has 0 unspecified atom stereocenters. The molecule has 0 bridgehead atoms. The monoisotopic (exact) mass is 426 g/mol. The maximum absolute atomic E-state index is 12.7. The second-order valence-corrected chi connectivity index (χ2v) is 8.25. The molecule has 0 spiro atoms. The Morgan fingerprint density at radius 2 is 1.25 bits per heavy atom. The standard InChI is InChI=1S/C26H26N4O2/c31-25(20-6-2-1-3-7-20)29-16-14-28(15-17-29)24-12-10-23(11-13-24)27-26(32)30-18-21-8-4-5-9-22(21)19-30/h1-13H,14-19H2,(H,27,32). The molecule has 3 aromatic rings. The zero-order valence-electron chi connectivity index (χ0n) is 17.9. The van der Waals surface area contributed by atoms with Crippen LogP contribution in [-0.4, -0.2) is 47.9 Å². The minimum Gasteiger partial charge on any atom is -0.368 e. The molecule has 2 aliphatic heterocycles. The van der Waals surface area contributed by atoms with Gasteiger partial charge >= 0.3 is 6.03 Å². The van der Waals surface area contributed by atoms with E-state index in [1.807, 2.05) is 76.5 Å². The highest BCUT2D eigenvalue weighted by Crippen LogP contribution is 2.24. The van der Waals surface area contributed by atoms with Gasteiger partial charge in [-0.1, -0.05) is 42.5 Å². The number of urea groups is 1. The van der Waals surface area contributed by atoms with Gasteiger partial charge in [-0.05, 0) is 47.5 Å². The Kier molecular flexibility index (Phi) is 5.50. The summed E-state index contributed by atoms with van der Waals surface area (Å²) in [6.07, 6.45) is 0. The van der Waals surface area contributed by atoms with E-state index in [1.54, 1.807) is 0 Å². The first-order chi connectivity index (χ1) is 15.7. The molecule has 6 nitrogen and oxygen atoms in total. The van der Waals surface area contributed by atoms with E-state index in [1.165, 1.54) is 11.1 Å². The number of nitrogens with zero attached hydrogens (tertiary/aromatic N) is 3. The van der Waals surface area contributed by atoms with Crippen LogP contribution < -0.4 is 10.2 Å². The number of hydrogen-bond acceptors (Lipinski definition) is 3. The van der Waals surface area contributed by atoms with Crippen molar-refractivity contribution in [2.45, 2.75) is 13.1 Å². The van der Waals surface area contributed by atoms with E-state index in [-0.39, 0.29) is 11.9 Å². The lowest BCUT2D eigenvalue weighted by Crippen LogP contribution is -2.48. The van der Waals surface area contributed by atoms with Gasteiger partial charge in [-0.3, -0.25) is 4.79 Å². The number of hydrogen-bond donors (Lipinski definition) is 1. The maximum atomic E-state index is 12.7. The van der Waals surface area contributed by atoms with Crippen LogP contribution in [0.3, 0.4) is 0 Å². The predicted molar refractivity (Wildman–Crippen MR) is 126 cm³/mol. The Morgan fingerprint density at radius 1 is 0.656 bits per heavy atom. The molecule has 2 heterocycles. The summed E-state index contributed by atoms with van der Waals surface area (Å²) in [5, 5.41) is 3.00. The first-order valence-corrected chi connectivity index (χ1v) is 11.0. The fourth-order valence-electron chi connectivity index (χ4n) is 4.37. The summed E-state index contributed by atoms with van der Waals surface area (Å²) in [7, 11) is 0. The summed E-state index contributed by atoms with van der Waals surface area (Å²) in [6.45, 7) is 4.26. The largest absolute Gasteiger partial charge is 0.368 e. The molecule has 6 heteroatoms. The lowest BCUT2D eigenvalue weighted by molar-refractivity contribution is 0.0747. The molecular formula is C26H26N4O2. The molecule has 0 aliphatic carbocycles. The molecule has 0 radical (unpaired) electrons. The molecule has 1 saturated heterocycles. The van der Waals surface area contributed by atoms with Gasteiger partial charge in [0.15, 0.2) is 0 Å². The normalized spacial score (nSPS) is 15.4. The summed E-state index contributed by atoms with van der Waals surface area (Å²) in [5.74, 6) is 0.0902. The van der Waals surface area contributed by atoms with E-state index < -0.39 is 0 Å². The van der Waals surface area contributed by atoms with Gasteiger partial charge in [-0.15, -0.1) is 0 Å². The van der Waals surface area contributed by atoms with Crippen molar-refractivity contribution in [3.63, 3.8) is 0 Å². The first kappa shape index (κ1) is 20.1. The summed E-state index contributed by atoms with van der Waals surface area (Å²) in [5.41, 5.74) is 5.05. The van der Waals surface area contributed by atoms with Crippen LogP contribution >= 0.6 is 0 Å². The lowest BCUT2D eigenvalue weighted by Gasteiger charge is -2.36. The van der Waals surface area contributed by atoms with Crippen LogP contribution in [-0.2, 0) is 13.1 Å². The van der Waals surface area contributed by atoms with E-state index in [2.05, 4.69) is 22.3 Å². The van der Waals surface area contributed by atoms with Gasteiger partial charge in [-0.2, -0.15) is 0 Å². The number of carbonyl (C=O) groups excluding carboxylic acids is 2. The third-order valence-corrected chi connectivity index (χ3v) is 6.20. The summed E-state index contributed by atoms with van der Waals surface area (Å²) in [4.78, 5) is 31.3. The second-order valence-electron chi connectivity index (χ2n) is 8.25. The van der Waals surface area contributed by atoms with Crippen LogP contribution in [0.5, 0.6) is 0 Å². The number of nitrogens with one attached hydrogen (secondary N) is 1. The van der Waals surface area contributed by atoms with Gasteiger partial charge in [0.05, 0.1) is 0 Å². The summed E-state index contributed by atoms with van der Waals surface area (Å²) >= 11 is 0. The molecule has 0 saturated carbocycles. The molecule has 5 rings (SSSR count). The van der Waals surface area contributed by atoms with E-state index in [4.69, 9.17) is 0 Å². The molecule has 1 N–H and O–H groups in total. The highest BCUT2D eigenvalue weighted by molar-refractivity contribution is 5.94. The smallest absolute Gasteiger partial charge is 0.322 e. The van der Waals surface area contributed by atoms with Crippen LogP contribution in [0.25, 0.3) is 0 Å². The number of carbonyl (C=O) groups is 2. The van der Waals surface area contributed by atoms with Crippen molar-refractivity contribution in [2.75, 3.05) is 36.4 Å². The topological polar surface area (TPSA) is 55.9 Å². The second kappa shape index (κ2) is 8.75. The molecule has 32 heavy (non-hydrogen) atoms. The third kappa shape index (κ3) is 4.17. The lowest BCUT2D eigenvalue weighted by atomic mass is 10.1. The van der Waals surface area contributed by atoms with Gasteiger partial charge in [0.1, 0.15) is 0 Å². The van der Waals surface area contributed by atoms with E-state index in [0.29, 0.717) is 26.2 Å². The minimum absolute atomic E-state index is 0.0815. The van der Waals surface area contributed by atoms with Gasteiger partial charge in [-0.25, -0.2) is 4.79 Å². The number of amides is 3. The van der Waals surface area contributed by atoms with E-state index >= 15 is 0 Å². The van der Waals surface area contributed by atoms with Crippen molar-refractivity contribution < 1.29 is 9.59 Å². The molecule has 3 aromatic carbocycles. The molecule has 1 fully saturated rings. The number of benzene rings is 3. The number of rotatable bonds is 3. The Labute approximate surface area is 188 Å². The highest BCUT2D eigenvalue weighted by Gasteiger charge is 2.24. The van der Waals surface area contributed by atoms with Gasteiger partial charge in [0.2, 0.25) is 0 Å². The number of fused-ring (bicyclic) bond motifs is 1. The van der Waals surface area contributed by atoms with Gasteiger partial charge in [0, 0.05) is 56.2 Å². The van der Waals surface area contributed by atoms with Crippen LogP contribution in [0.15, 0.2) is 78.9 Å². The minimum atomic E-state index is -0.0815. The number of piperazine rings is 1. The van der Waals surface area contributed by atoms with Crippen LogP contribution in [0.4, 0.5) is 16.2 Å². The third-order valence-electron chi connectivity index (χ3n) is 6.20. The van der Waals surface area contributed by atoms with Crippen molar-refractivity contribution in [1.82, 2.24) is 9.80 Å². The molecule has 2 aliphatic rings. The Morgan fingerprint density at radius 3 is 1.88 bits per heavy atom. The molecule has 3 amide bonds. The molecule has 162 valence electrons. The van der Waals surface area contributed by atoms with E-state index in [0.717, 1.165) is 30.0 Å². The fraction of sp³-hybridized carbons (Fsp3) is 0.231. The fourth-order valence-corrected chi connectivity index (χ4v) is 4.37. The molecular weight excluding hydrogens is 400 g/mol. The average molecular weight is 427 g/mol. The highest BCUT2D eigenvalue weighted by atomic mass is 16.2. The zero-order chi connectivity index (χ0) is 21.9. The SMILES string of the molecule is O=C(Nc1ccc(N2CCN(C(=O)c3ccccc3)CC2)cc1)N1Cc2ccccc2C1. The molecule has 0 atom stereocenters. The van der Waals surface area contributed by atoms with Crippen molar-refractivity contribution >= 4 is 23.3 Å². The number of anilines is 2. The van der Waals surface area contributed by atoms with Crippen LogP contribution in [0.1, 0.15) is 21.5 Å². The van der Waals surface area contributed by atoms with Crippen LogP contribution in [0.2, 0.25) is 0 Å². The van der Waals surface area contributed by atoms with E-state index in [9.17, 15) is 9.59 Å². The Bertz CT molecular complexity index is 1080.